The van der Waals surface area contributed by atoms with E-state index in [1.54, 1.807) is 0 Å². The third-order valence-corrected chi connectivity index (χ3v) is 3.64. The van der Waals surface area contributed by atoms with E-state index in [1.807, 2.05) is 24.3 Å². The van der Waals surface area contributed by atoms with Gasteiger partial charge in [-0.3, -0.25) is 9.59 Å². The number of amides is 1. The van der Waals surface area contributed by atoms with E-state index in [0.29, 0.717) is 19.4 Å². The fraction of sp³-hybridized carbons (Fsp3) is 0.529. The summed E-state index contributed by atoms with van der Waals surface area (Å²) in [6.45, 7) is 2.15. The van der Waals surface area contributed by atoms with Crippen LogP contribution >= 0.6 is 0 Å². The van der Waals surface area contributed by atoms with Gasteiger partial charge >= 0.3 is 0 Å². The Kier molecular flexibility index (Phi) is 8.22. The second-order valence-electron chi connectivity index (χ2n) is 5.66. The first-order valence-electron chi connectivity index (χ1n) is 7.86. The maximum absolute atomic E-state index is 11.7. The molecule has 0 aliphatic rings. The SMILES string of the molecule is CC(=O)[C@H](N)CCCCNC(=O)CCCc1ccc(N)cc1. The lowest BCUT2D eigenvalue weighted by Crippen LogP contribution is -2.29. The Morgan fingerprint density at radius 3 is 2.45 bits per heavy atom. The number of carbonyl (C=O) groups excluding carboxylic acids is 2. The number of hydrogen-bond acceptors (Lipinski definition) is 4. The van der Waals surface area contributed by atoms with Crippen molar-refractivity contribution in [3.8, 4) is 0 Å². The van der Waals surface area contributed by atoms with Gasteiger partial charge in [-0.15, -0.1) is 0 Å². The minimum Gasteiger partial charge on any atom is -0.399 e. The molecule has 0 aromatic heterocycles. The lowest BCUT2D eigenvalue weighted by molar-refractivity contribution is -0.121. The Morgan fingerprint density at radius 2 is 1.82 bits per heavy atom. The van der Waals surface area contributed by atoms with E-state index in [4.69, 9.17) is 11.5 Å². The molecule has 0 saturated heterocycles. The Balaban J connectivity index is 2.04. The van der Waals surface area contributed by atoms with Gasteiger partial charge in [0.25, 0.3) is 0 Å². The molecule has 1 rings (SSSR count). The third kappa shape index (κ3) is 7.78. The van der Waals surface area contributed by atoms with Crippen molar-refractivity contribution in [2.24, 2.45) is 5.73 Å². The van der Waals surface area contributed by atoms with Crippen LogP contribution in [0.15, 0.2) is 24.3 Å². The maximum Gasteiger partial charge on any atom is 0.220 e. The van der Waals surface area contributed by atoms with Gasteiger partial charge in [-0.25, -0.2) is 0 Å². The van der Waals surface area contributed by atoms with Crippen LogP contribution in [0.1, 0.15) is 44.6 Å². The Morgan fingerprint density at radius 1 is 1.14 bits per heavy atom. The van der Waals surface area contributed by atoms with Crippen molar-refractivity contribution in [1.82, 2.24) is 5.32 Å². The molecule has 1 aromatic rings. The van der Waals surface area contributed by atoms with Crippen molar-refractivity contribution in [3.05, 3.63) is 29.8 Å². The number of unbranched alkanes of at least 4 members (excludes halogenated alkanes) is 1. The van der Waals surface area contributed by atoms with Gasteiger partial charge in [-0.2, -0.15) is 0 Å². The zero-order chi connectivity index (χ0) is 16.4. The first-order valence-corrected chi connectivity index (χ1v) is 7.86. The van der Waals surface area contributed by atoms with Crippen molar-refractivity contribution in [3.63, 3.8) is 0 Å². The number of aryl methyl sites for hydroxylation is 1. The number of hydrogen-bond donors (Lipinski definition) is 3. The van der Waals surface area contributed by atoms with Crippen LogP contribution in [0.4, 0.5) is 5.69 Å². The van der Waals surface area contributed by atoms with Gasteiger partial charge in [0, 0.05) is 18.7 Å². The molecular weight excluding hydrogens is 278 g/mol. The topological polar surface area (TPSA) is 98.2 Å². The molecule has 0 spiro atoms. The predicted molar refractivity (Wildman–Crippen MR) is 89.3 cm³/mol. The smallest absolute Gasteiger partial charge is 0.220 e. The second-order valence-corrected chi connectivity index (χ2v) is 5.66. The number of benzene rings is 1. The molecule has 1 amide bonds. The van der Waals surface area contributed by atoms with E-state index in [2.05, 4.69) is 5.32 Å². The third-order valence-electron chi connectivity index (χ3n) is 3.64. The lowest BCUT2D eigenvalue weighted by atomic mass is 10.1. The first-order chi connectivity index (χ1) is 10.5. The number of nitrogens with two attached hydrogens (primary N) is 2. The molecule has 0 saturated carbocycles. The van der Waals surface area contributed by atoms with Crippen LogP contribution < -0.4 is 16.8 Å². The standard InChI is InChI=1S/C17H27N3O2/c1-13(21)16(19)6-2-3-12-20-17(22)7-4-5-14-8-10-15(18)11-9-14/h8-11,16H,2-7,12,18-19H2,1H3,(H,20,22)/t16-/m1/s1. The molecular formula is C17H27N3O2. The summed E-state index contributed by atoms with van der Waals surface area (Å²) in [5, 5.41) is 2.90. The summed E-state index contributed by atoms with van der Waals surface area (Å²) in [4.78, 5) is 22.7. The number of carbonyl (C=O) groups is 2. The van der Waals surface area contributed by atoms with Crippen LogP contribution in [0.25, 0.3) is 0 Å². The molecule has 122 valence electrons. The van der Waals surface area contributed by atoms with Gasteiger partial charge in [0.2, 0.25) is 5.91 Å². The number of rotatable bonds is 10. The average molecular weight is 305 g/mol. The molecule has 22 heavy (non-hydrogen) atoms. The van der Waals surface area contributed by atoms with Crippen LogP contribution in [-0.2, 0) is 16.0 Å². The van der Waals surface area contributed by atoms with Crippen LogP contribution in [0.5, 0.6) is 0 Å². The van der Waals surface area contributed by atoms with Crippen LogP contribution in [0, 0.1) is 0 Å². The summed E-state index contributed by atoms with van der Waals surface area (Å²) in [5.41, 5.74) is 13.2. The molecule has 1 atom stereocenters. The van der Waals surface area contributed by atoms with Crippen molar-refractivity contribution >= 4 is 17.4 Å². The van der Waals surface area contributed by atoms with Crippen molar-refractivity contribution < 1.29 is 9.59 Å². The molecule has 5 N–H and O–H groups in total. The highest BCUT2D eigenvalue weighted by Gasteiger charge is 2.07. The van der Waals surface area contributed by atoms with Crippen molar-refractivity contribution in [1.29, 1.82) is 0 Å². The van der Waals surface area contributed by atoms with Crippen LogP contribution in [0.3, 0.4) is 0 Å². The molecule has 0 radical (unpaired) electrons. The largest absolute Gasteiger partial charge is 0.399 e. The van der Waals surface area contributed by atoms with Crippen molar-refractivity contribution in [2.75, 3.05) is 12.3 Å². The summed E-state index contributed by atoms with van der Waals surface area (Å²) < 4.78 is 0. The summed E-state index contributed by atoms with van der Waals surface area (Å²) >= 11 is 0. The van der Waals surface area contributed by atoms with Crippen LogP contribution in [-0.4, -0.2) is 24.3 Å². The molecule has 0 aliphatic heterocycles. The molecule has 0 fully saturated rings. The maximum atomic E-state index is 11.7. The molecule has 1 aromatic carbocycles. The van der Waals surface area contributed by atoms with E-state index in [-0.39, 0.29) is 17.7 Å². The number of nitrogens with one attached hydrogen (secondary N) is 1. The summed E-state index contributed by atoms with van der Waals surface area (Å²) in [7, 11) is 0. The Bertz CT molecular complexity index is 471. The van der Waals surface area contributed by atoms with Gasteiger partial charge in [-0.1, -0.05) is 12.1 Å². The average Bonchev–Trinajstić information content (AvgIpc) is 2.48. The van der Waals surface area contributed by atoms with Gasteiger partial charge in [-0.05, 0) is 56.7 Å². The monoisotopic (exact) mass is 305 g/mol. The molecule has 0 aliphatic carbocycles. The fourth-order valence-electron chi connectivity index (χ4n) is 2.15. The zero-order valence-corrected chi connectivity index (χ0v) is 13.3. The first kappa shape index (κ1) is 18.2. The lowest BCUT2D eigenvalue weighted by Gasteiger charge is -2.08. The predicted octanol–water partition coefficient (Wildman–Crippen LogP) is 1.79. The highest BCUT2D eigenvalue weighted by molar-refractivity contribution is 5.81. The molecule has 0 heterocycles. The van der Waals surface area contributed by atoms with E-state index in [1.165, 1.54) is 12.5 Å². The Hall–Kier alpha value is -1.88. The summed E-state index contributed by atoms with van der Waals surface area (Å²) in [6, 6.07) is 7.37. The summed E-state index contributed by atoms with van der Waals surface area (Å²) in [6.07, 6.45) is 4.61. The molecule has 5 heteroatoms. The van der Waals surface area contributed by atoms with Gasteiger partial charge in [0.05, 0.1) is 6.04 Å². The van der Waals surface area contributed by atoms with E-state index >= 15 is 0 Å². The van der Waals surface area contributed by atoms with E-state index < -0.39 is 0 Å². The highest BCUT2D eigenvalue weighted by Crippen LogP contribution is 2.08. The molecule has 0 bridgehead atoms. The second kappa shape index (κ2) is 9.95. The molecule has 0 unspecified atom stereocenters. The van der Waals surface area contributed by atoms with Gasteiger partial charge in [0.15, 0.2) is 0 Å². The minimum absolute atomic E-state index is 0.0201. The molecule has 5 nitrogen and oxygen atoms in total. The minimum atomic E-state index is -0.365. The zero-order valence-electron chi connectivity index (χ0n) is 13.3. The van der Waals surface area contributed by atoms with Gasteiger partial charge < -0.3 is 16.8 Å². The normalized spacial score (nSPS) is 11.9. The number of anilines is 1. The fourth-order valence-corrected chi connectivity index (χ4v) is 2.15. The summed E-state index contributed by atoms with van der Waals surface area (Å²) in [5.74, 6) is 0.0954. The van der Waals surface area contributed by atoms with E-state index in [9.17, 15) is 9.59 Å². The Labute approximate surface area is 132 Å². The number of ketones is 1. The van der Waals surface area contributed by atoms with Crippen molar-refractivity contribution in [2.45, 2.75) is 51.5 Å². The number of nitrogen functional groups attached to an aromatic ring is 1. The highest BCUT2D eigenvalue weighted by atomic mass is 16.1. The number of Topliss-reactive ketones (excluding diaryl/α,β-unsaturated/α-hetero) is 1. The quantitative estimate of drug-likeness (QED) is 0.453. The van der Waals surface area contributed by atoms with E-state index in [0.717, 1.165) is 31.4 Å². The van der Waals surface area contributed by atoms with Crippen LogP contribution in [0.2, 0.25) is 0 Å². The van der Waals surface area contributed by atoms with Gasteiger partial charge in [0.1, 0.15) is 5.78 Å².